The maximum absolute atomic E-state index is 5.83. The van der Waals surface area contributed by atoms with E-state index in [0.29, 0.717) is 40.1 Å². The van der Waals surface area contributed by atoms with Crippen LogP contribution in [-0.2, 0) is 6.42 Å². The molecule has 6 nitrogen and oxygen atoms in total. The Bertz CT molecular complexity index is 518. The number of rotatable bonds is 4. The molecule has 2 rings (SSSR count). The molecule has 2 aromatic heterocycles. The Morgan fingerprint density at radius 3 is 3.00 bits per heavy atom. The minimum atomic E-state index is 0.371. The van der Waals surface area contributed by atoms with Crippen molar-refractivity contribution in [3.8, 4) is 0 Å². The molecular weight excluding hydrogens is 309 g/mol. The zero-order valence-corrected chi connectivity index (χ0v) is 11.3. The van der Waals surface area contributed by atoms with Crippen molar-refractivity contribution in [2.75, 3.05) is 11.9 Å². The largest absolute Gasteiger partial charge is 0.368 e. The van der Waals surface area contributed by atoms with E-state index in [9.17, 15) is 0 Å². The lowest BCUT2D eigenvalue weighted by Gasteiger charge is -2.05. The molecule has 0 bridgehead atoms. The molecule has 0 aliphatic carbocycles. The van der Waals surface area contributed by atoms with Crippen LogP contribution in [0.1, 0.15) is 11.7 Å². The van der Waals surface area contributed by atoms with Crippen LogP contribution in [0.2, 0.25) is 5.15 Å². The van der Waals surface area contributed by atoms with Crippen molar-refractivity contribution >= 4 is 33.3 Å². The number of hydrogen-bond donors (Lipinski definition) is 1. The predicted octanol–water partition coefficient (Wildman–Crippen LogP) is 2.24. The molecule has 0 aliphatic rings. The summed E-state index contributed by atoms with van der Waals surface area (Å²) in [6.45, 7) is 2.40. The lowest BCUT2D eigenvalue weighted by atomic mass is 10.4. The Hall–Kier alpha value is -1.21. The van der Waals surface area contributed by atoms with Gasteiger partial charge in [0.1, 0.15) is 17.3 Å². The maximum atomic E-state index is 5.83. The van der Waals surface area contributed by atoms with Gasteiger partial charge in [0.05, 0.1) is 4.47 Å². The van der Waals surface area contributed by atoms with Gasteiger partial charge in [-0.25, -0.2) is 9.97 Å². The van der Waals surface area contributed by atoms with E-state index in [0.717, 1.165) is 0 Å². The van der Waals surface area contributed by atoms with E-state index in [1.54, 1.807) is 6.92 Å². The number of nitrogens with zero attached hydrogens (tertiary/aromatic N) is 4. The number of anilines is 1. The van der Waals surface area contributed by atoms with E-state index < -0.39 is 0 Å². The molecule has 2 heterocycles. The molecule has 0 unspecified atom stereocenters. The summed E-state index contributed by atoms with van der Waals surface area (Å²) >= 11 is 9.13. The topological polar surface area (TPSA) is 76.7 Å². The highest BCUT2D eigenvalue weighted by Gasteiger charge is 2.07. The average molecular weight is 319 g/mol. The summed E-state index contributed by atoms with van der Waals surface area (Å²) in [5.41, 5.74) is 0. The summed E-state index contributed by atoms with van der Waals surface area (Å²) in [5.74, 6) is 1.86. The number of halogens is 2. The van der Waals surface area contributed by atoms with Gasteiger partial charge in [-0.15, -0.1) is 0 Å². The second-order valence-electron chi connectivity index (χ2n) is 3.24. The minimum absolute atomic E-state index is 0.371. The van der Waals surface area contributed by atoms with Crippen LogP contribution >= 0.6 is 27.5 Å². The summed E-state index contributed by atoms with van der Waals surface area (Å²) in [6.07, 6.45) is 2.02. The van der Waals surface area contributed by atoms with E-state index in [2.05, 4.69) is 41.4 Å². The highest BCUT2D eigenvalue weighted by Crippen LogP contribution is 2.25. The van der Waals surface area contributed by atoms with Gasteiger partial charge in [0, 0.05) is 13.0 Å². The van der Waals surface area contributed by atoms with Crippen molar-refractivity contribution < 1.29 is 4.52 Å². The van der Waals surface area contributed by atoms with Crippen LogP contribution in [0.3, 0.4) is 0 Å². The Morgan fingerprint density at radius 2 is 2.29 bits per heavy atom. The van der Waals surface area contributed by atoms with Gasteiger partial charge in [-0.1, -0.05) is 16.8 Å². The zero-order chi connectivity index (χ0) is 12.3. The second kappa shape index (κ2) is 5.42. The van der Waals surface area contributed by atoms with Crippen molar-refractivity contribution in [1.29, 1.82) is 0 Å². The zero-order valence-electron chi connectivity index (χ0n) is 8.94. The summed E-state index contributed by atoms with van der Waals surface area (Å²) < 4.78 is 5.63. The minimum Gasteiger partial charge on any atom is -0.368 e. The van der Waals surface area contributed by atoms with Crippen molar-refractivity contribution in [1.82, 2.24) is 20.1 Å². The first-order chi connectivity index (χ1) is 8.16. The Labute approximate surface area is 111 Å². The van der Waals surface area contributed by atoms with Crippen molar-refractivity contribution in [2.24, 2.45) is 0 Å². The molecule has 0 atom stereocenters. The highest BCUT2D eigenvalue weighted by molar-refractivity contribution is 9.10. The van der Waals surface area contributed by atoms with Crippen LogP contribution in [0.5, 0.6) is 0 Å². The van der Waals surface area contributed by atoms with Crippen LogP contribution in [0.25, 0.3) is 0 Å². The third kappa shape index (κ3) is 3.13. The molecule has 0 spiro atoms. The van der Waals surface area contributed by atoms with E-state index in [4.69, 9.17) is 16.1 Å². The van der Waals surface area contributed by atoms with Crippen LogP contribution in [0.15, 0.2) is 15.3 Å². The van der Waals surface area contributed by atoms with Gasteiger partial charge >= 0.3 is 0 Å². The molecule has 0 amide bonds. The fraction of sp³-hybridized carbons (Fsp3) is 0.333. The summed E-state index contributed by atoms with van der Waals surface area (Å²) in [7, 11) is 0. The fourth-order valence-corrected chi connectivity index (χ4v) is 1.68. The monoisotopic (exact) mass is 317 g/mol. The molecule has 8 heteroatoms. The molecule has 90 valence electrons. The van der Waals surface area contributed by atoms with Crippen molar-refractivity contribution in [3.63, 3.8) is 0 Å². The molecule has 0 aliphatic heterocycles. The normalized spacial score (nSPS) is 10.5. The molecule has 2 aromatic rings. The molecule has 0 radical (unpaired) electrons. The Morgan fingerprint density at radius 1 is 1.47 bits per heavy atom. The van der Waals surface area contributed by atoms with Crippen molar-refractivity contribution in [2.45, 2.75) is 13.3 Å². The Kier molecular flexibility index (Phi) is 3.90. The van der Waals surface area contributed by atoms with Gasteiger partial charge in [0.2, 0.25) is 5.89 Å². The lowest BCUT2D eigenvalue weighted by molar-refractivity contribution is 0.377. The molecule has 0 saturated heterocycles. The van der Waals surface area contributed by atoms with Crippen LogP contribution in [-0.4, -0.2) is 26.7 Å². The second-order valence-corrected chi connectivity index (χ2v) is 4.39. The van der Waals surface area contributed by atoms with Gasteiger partial charge in [-0.3, -0.25) is 0 Å². The van der Waals surface area contributed by atoms with Gasteiger partial charge in [-0.05, 0) is 22.9 Å². The number of nitrogens with one attached hydrogen (secondary N) is 1. The van der Waals surface area contributed by atoms with Crippen LogP contribution in [0, 0.1) is 6.92 Å². The smallest absolute Gasteiger partial charge is 0.228 e. The maximum Gasteiger partial charge on any atom is 0.228 e. The fourth-order valence-electron chi connectivity index (χ4n) is 1.20. The number of hydrogen-bond acceptors (Lipinski definition) is 6. The average Bonchev–Trinajstić information content (AvgIpc) is 2.70. The van der Waals surface area contributed by atoms with E-state index >= 15 is 0 Å². The quantitative estimate of drug-likeness (QED) is 0.871. The first-order valence-electron chi connectivity index (χ1n) is 4.86. The predicted molar refractivity (Wildman–Crippen MR) is 66.0 cm³/mol. The van der Waals surface area contributed by atoms with Gasteiger partial charge in [0.25, 0.3) is 0 Å². The molecule has 0 fully saturated rings. The van der Waals surface area contributed by atoms with Gasteiger partial charge in [-0.2, -0.15) is 4.98 Å². The summed E-state index contributed by atoms with van der Waals surface area (Å²) in [6, 6.07) is 0. The van der Waals surface area contributed by atoms with Crippen LogP contribution < -0.4 is 5.32 Å². The van der Waals surface area contributed by atoms with Gasteiger partial charge < -0.3 is 9.84 Å². The van der Waals surface area contributed by atoms with Crippen molar-refractivity contribution in [3.05, 3.63) is 27.7 Å². The van der Waals surface area contributed by atoms with E-state index in [-0.39, 0.29) is 0 Å². The van der Waals surface area contributed by atoms with Gasteiger partial charge in [0.15, 0.2) is 5.82 Å². The van der Waals surface area contributed by atoms with E-state index in [1.165, 1.54) is 6.33 Å². The first-order valence-corrected chi connectivity index (χ1v) is 6.03. The first kappa shape index (κ1) is 12.3. The summed E-state index contributed by atoms with van der Waals surface area (Å²) in [5, 5.41) is 7.18. The summed E-state index contributed by atoms with van der Waals surface area (Å²) in [4.78, 5) is 12.0. The number of aromatic nitrogens is 4. The lowest BCUT2D eigenvalue weighted by Crippen LogP contribution is -2.07. The molecule has 0 aromatic carbocycles. The Balaban J connectivity index is 1.92. The van der Waals surface area contributed by atoms with Crippen LogP contribution in [0.4, 0.5) is 5.82 Å². The third-order valence-electron chi connectivity index (χ3n) is 1.95. The SMILES string of the molecule is Cc1noc(CCNc2ncnc(Cl)c2Br)n1. The molecule has 17 heavy (non-hydrogen) atoms. The highest BCUT2D eigenvalue weighted by atomic mass is 79.9. The standard InChI is InChI=1S/C9H9BrClN5O/c1-5-15-6(17-16-5)2-3-12-9-7(10)8(11)13-4-14-9/h4H,2-3H2,1H3,(H,12,13,14). The molecule has 0 saturated carbocycles. The third-order valence-corrected chi connectivity index (χ3v) is 3.21. The number of aryl methyl sites for hydroxylation is 1. The molecule has 1 N–H and O–H groups in total. The molecular formula is C9H9BrClN5O. The van der Waals surface area contributed by atoms with E-state index in [1.807, 2.05) is 0 Å².